The molecule has 1 aromatic heterocycles. The molecule has 1 aromatic rings. The van der Waals surface area contributed by atoms with Crippen LogP contribution in [0.3, 0.4) is 0 Å². The number of anilines is 1. The first kappa shape index (κ1) is 12.6. The van der Waals surface area contributed by atoms with Crippen LogP contribution in [0.25, 0.3) is 0 Å². The van der Waals surface area contributed by atoms with E-state index in [0.29, 0.717) is 5.95 Å². The van der Waals surface area contributed by atoms with Gasteiger partial charge in [-0.3, -0.25) is 0 Å². The maximum atomic E-state index is 4.36. The SMILES string of the molecule is CC(C)(C)Nc1ncnc(SCNC2CC2)n1. The fourth-order valence-corrected chi connectivity index (χ4v) is 1.98. The van der Waals surface area contributed by atoms with Crippen LogP contribution in [-0.4, -0.2) is 32.4 Å². The van der Waals surface area contributed by atoms with E-state index in [1.165, 1.54) is 12.8 Å². The van der Waals surface area contributed by atoms with Crippen molar-refractivity contribution >= 4 is 17.7 Å². The average molecular weight is 253 g/mol. The van der Waals surface area contributed by atoms with Crippen LogP contribution in [0.2, 0.25) is 0 Å². The Morgan fingerprint density at radius 3 is 2.76 bits per heavy atom. The highest BCUT2D eigenvalue weighted by Crippen LogP contribution is 2.21. The van der Waals surface area contributed by atoms with Gasteiger partial charge in [0.05, 0.1) is 0 Å². The van der Waals surface area contributed by atoms with E-state index in [-0.39, 0.29) is 5.54 Å². The summed E-state index contributed by atoms with van der Waals surface area (Å²) < 4.78 is 0. The summed E-state index contributed by atoms with van der Waals surface area (Å²) in [5.74, 6) is 1.50. The lowest BCUT2D eigenvalue weighted by Crippen LogP contribution is -2.27. The third-order valence-corrected chi connectivity index (χ3v) is 2.95. The van der Waals surface area contributed by atoms with Crippen molar-refractivity contribution in [1.82, 2.24) is 20.3 Å². The molecular weight excluding hydrogens is 234 g/mol. The Morgan fingerprint density at radius 2 is 2.12 bits per heavy atom. The fraction of sp³-hybridized carbons (Fsp3) is 0.727. The number of hydrogen-bond acceptors (Lipinski definition) is 6. The fourth-order valence-electron chi connectivity index (χ4n) is 1.26. The maximum absolute atomic E-state index is 4.36. The largest absolute Gasteiger partial charge is 0.350 e. The summed E-state index contributed by atoms with van der Waals surface area (Å²) in [6, 6.07) is 0.719. The zero-order valence-corrected chi connectivity index (χ0v) is 11.3. The van der Waals surface area contributed by atoms with Crippen molar-refractivity contribution in [3.63, 3.8) is 0 Å². The van der Waals surface area contributed by atoms with Crippen molar-refractivity contribution < 1.29 is 0 Å². The minimum atomic E-state index is -0.0322. The van der Waals surface area contributed by atoms with Crippen LogP contribution in [-0.2, 0) is 0 Å². The number of rotatable bonds is 5. The molecule has 5 nitrogen and oxygen atoms in total. The van der Waals surface area contributed by atoms with E-state index < -0.39 is 0 Å². The van der Waals surface area contributed by atoms with Gasteiger partial charge < -0.3 is 10.6 Å². The van der Waals surface area contributed by atoms with Crippen LogP contribution in [0.4, 0.5) is 5.95 Å². The predicted octanol–water partition coefficient (Wildman–Crippen LogP) is 1.88. The summed E-state index contributed by atoms with van der Waals surface area (Å²) in [5.41, 5.74) is -0.0322. The molecule has 0 spiro atoms. The molecular formula is C11H19N5S. The molecule has 94 valence electrons. The van der Waals surface area contributed by atoms with Crippen LogP contribution < -0.4 is 10.6 Å². The molecule has 0 bridgehead atoms. The Balaban J connectivity index is 1.86. The molecule has 6 heteroatoms. The molecule has 2 rings (SSSR count). The van der Waals surface area contributed by atoms with E-state index in [2.05, 4.69) is 46.4 Å². The highest BCUT2D eigenvalue weighted by molar-refractivity contribution is 7.99. The number of thioether (sulfide) groups is 1. The number of hydrogen-bond donors (Lipinski definition) is 2. The van der Waals surface area contributed by atoms with Gasteiger partial charge in [0.2, 0.25) is 5.95 Å². The van der Waals surface area contributed by atoms with Crippen molar-refractivity contribution in [3.05, 3.63) is 6.33 Å². The van der Waals surface area contributed by atoms with Crippen molar-refractivity contribution in [2.75, 3.05) is 11.2 Å². The highest BCUT2D eigenvalue weighted by Gasteiger charge is 2.20. The lowest BCUT2D eigenvalue weighted by Gasteiger charge is -2.20. The van der Waals surface area contributed by atoms with Gasteiger partial charge in [-0.2, -0.15) is 4.98 Å². The molecule has 0 amide bonds. The molecule has 1 saturated carbocycles. The lowest BCUT2D eigenvalue weighted by molar-refractivity contribution is 0.622. The summed E-state index contributed by atoms with van der Waals surface area (Å²) in [4.78, 5) is 12.6. The predicted molar refractivity (Wildman–Crippen MR) is 70.1 cm³/mol. The average Bonchev–Trinajstić information content (AvgIpc) is 2.99. The molecule has 1 heterocycles. The van der Waals surface area contributed by atoms with Gasteiger partial charge in [-0.05, 0) is 33.6 Å². The number of nitrogens with one attached hydrogen (secondary N) is 2. The Hall–Kier alpha value is -0.880. The van der Waals surface area contributed by atoms with Crippen molar-refractivity contribution in [1.29, 1.82) is 0 Å². The molecule has 0 unspecified atom stereocenters. The van der Waals surface area contributed by atoms with Gasteiger partial charge in [0.25, 0.3) is 0 Å². The van der Waals surface area contributed by atoms with Gasteiger partial charge in [-0.1, -0.05) is 11.8 Å². The number of aromatic nitrogens is 3. The first-order valence-corrected chi connectivity index (χ1v) is 6.85. The summed E-state index contributed by atoms with van der Waals surface area (Å²) in [6.07, 6.45) is 4.16. The molecule has 0 radical (unpaired) electrons. The summed E-state index contributed by atoms with van der Waals surface area (Å²) >= 11 is 1.62. The highest BCUT2D eigenvalue weighted by atomic mass is 32.2. The van der Waals surface area contributed by atoms with E-state index >= 15 is 0 Å². The normalized spacial score (nSPS) is 15.9. The third kappa shape index (κ3) is 4.87. The van der Waals surface area contributed by atoms with E-state index in [9.17, 15) is 0 Å². The van der Waals surface area contributed by atoms with Gasteiger partial charge in [-0.25, -0.2) is 9.97 Å². The van der Waals surface area contributed by atoms with Crippen LogP contribution in [0.15, 0.2) is 11.5 Å². The molecule has 1 aliphatic carbocycles. The van der Waals surface area contributed by atoms with Crippen molar-refractivity contribution in [2.24, 2.45) is 0 Å². The van der Waals surface area contributed by atoms with Crippen molar-refractivity contribution in [2.45, 2.75) is 50.4 Å². The molecule has 0 aliphatic heterocycles. The van der Waals surface area contributed by atoms with Crippen LogP contribution in [0.5, 0.6) is 0 Å². The molecule has 17 heavy (non-hydrogen) atoms. The standard InChI is InChI=1S/C11H19N5S/c1-11(2,3)16-9-12-6-13-10(15-9)17-7-14-8-4-5-8/h6,8,14H,4-5,7H2,1-3H3,(H,12,13,15,16). The molecule has 0 aromatic carbocycles. The molecule has 2 N–H and O–H groups in total. The third-order valence-electron chi connectivity index (χ3n) is 2.19. The molecule has 0 saturated heterocycles. The monoisotopic (exact) mass is 253 g/mol. The second-order valence-electron chi connectivity index (χ2n) is 5.23. The van der Waals surface area contributed by atoms with E-state index in [1.807, 2.05) is 0 Å². The van der Waals surface area contributed by atoms with Gasteiger partial charge >= 0.3 is 0 Å². The Bertz CT molecular complexity index is 372. The second-order valence-corrected chi connectivity index (χ2v) is 6.18. The maximum Gasteiger partial charge on any atom is 0.227 e. The van der Waals surface area contributed by atoms with Crippen molar-refractivity contribution in [3.8, 4) is 0 Å². The summed E-state index contributed by atoms with van der Waals surface area (Å²) in [5, 5.41) is 7.42. The second kappa shape index (κ2) is 5.18. The first-order chi connectivity index (χ1) is 8.03. The van der Waals surface area contributed by atoms with E-state index in [0.717, 1.165) is 17.1 Å². The van der Waals surface area contributed by atoms with Gasteiger partial charge in [0.15, 0.2) is 5.16 Å². The smallest absolute Gasteiger partial charge is 0.227 e. The van der Waals surface area contributed by atoms with Gasteiger partial charge in [0.1, 0.15) is 6.33 Å². The minimum Gasteiger partial charge on any atom is -0.350 e. The first-order valence-electron chi connectivity index (χ1n) is 5.86. The zero-order valence-electron chi connectivity index (χ0n) is 10.5. The Morgan fingerprint density at radius 1 is 1.35 bits per heavy atom. The molecule has 1 fully saturated rings. The topological polar surface area (TPSA) is 62.7 Å². The summed E-state index contributed by atoms with van der Waals surface area (Å²) in [6.45, 7) is 6.24. The Labute approximate surface area is 106 Å². The van der Waals surface area contributed by atoms with Gasteiger partial charge in [0, 0.05) is 17.5 Å². The lowest BCUT2D eigenvalue weighted by atomic mass is 10.1. The molecule has 0 atom stereocenters. The van der Waals surface area contributed by atoms with E-state index in [4.69, 9.17) is 0 Å². The summed E-state index contributed by atoms with van der Waals surface area (Å²) in [7, 11) is 0. The van der Waals surface area contributed by atoms with Crippen LogP contribution >= 0.6 is 11.8 Å². The quantitative estimate of drug-likeness (QED) is 0.617. The minimum absolute atomic E-state index is 0.0322. The Kier molecular flexibility index (Phi) is 3.83. The van der Waals surface area contributed by atoms with Gasteiger partial charge in [-0.15, -0.1) is 0 Å². The van der Waals surface area contributed by atoms with Crippen LogP contribution in [0, 0.1) is 0 Å². The van der Waals surface area contributed by atoms with Crippen LogP contribution in [0.1, 0.15) is 33.6 Å². The van der Waals surface area contributed by atoms with E-state index in [1.54, 1.807) is 18.1 Å². The molecule has 1 aliphatic rings. The number of nitrogens with zero attached hydrogens (tertiary/aromatic N) is 3. The zero-order chi connectivity index (χ0) is 12.3.